The van der Waals surface area contributed by atoms with Crippen molar-refractivity contribution in [3.8, 4) is 0 Å². The topological polar surface area (TPSA) is 60.9 Å². The number of rotatable bonds is 5. The second kappa shape index (κ2) is 6.31. The van der Waals surface area contributed by atoms with E-state index in [4.69, 9.17) is 5.11 Å². The predicted octanol–water partition coefficient (Wildman–Crippen LogP) is 1.40. The third-order valence-corrected chi connectivity index (χ3v) is 2.00. The number of aliphatic carboxylic acids is 1. The lowest BCUT2D eigenvalue weighted by atomic mass is 10.4. The van der Waals surface area contributed by atoms with Crippen LogP contribution in [-0.2, 0) is 4.79 Å². The van der Waals surface area contributed by atoms with E-state index in [9.17, 15) is 22.8 Å². The summed E-state index contributed by atoms with van der Waals surface area (Å²) < 4.78 is 36.5. The number of hydrogen-bond acceptors (Lipinski definition) is 2. The Morgan fingerprint density at radius 1 is 1.12 bits per heavy atom. The van der Waals surface area contributed by atoms with Crippen LogP contribution in [0.1, 0.15) is 13.8 Å². The second-order valence-electron chi connectivity index (χ2n) is 3.32. The van der Waals surface area contributed by atoms with Crippen LogP contribution in [0.3, 0.4) is 0 Å². The summed E-state index contributed by atoms with van der Waals surface area (Å²) in [4.78, 5) is 23.4. The summed E-state index contributed by atoms with van der Waals surface area (Å²) in [6.45, 7) is 1.14. The Hall–Kier alpha value is -1.47. The number of urea groups is 1. The number of halogens is 3. The monoisotopic (exact) mass is 256 g/mol. The van der Waals surface area contributed by atoms with E-state index in [2.05, 4.69) is 0 Å². The second-order valence-corrected chi connectivity index (χ2v) is 3.32. The molecule has 0 fully saturated rings. The quantitative estimate of drug-likeness (QED) is 0.808. The van der Waals surface area contributed by atoms with Gasteiger partial charge in [-0.25, -0.2) is 4.79 Å². The molecule has 0 aromatic carbocycles. The van der Waals surface area contributed by atoms with Gasteiger partial charge in [-0.2, -0.15) is 13.2 Å². The van der Waals surface area contributed by atoms with Crippen molar-refractivity contribution < 1.29 is 27.9 Å². The largest absolute Gasteiger partial charge is 0.480 e. The van der Waals surface area contributed by atoms with Crippen LogP contribution < -0.4 is 0 Å². The summed E-state index contributed by atoms with van der Waals surface area (Å²) in [6, 6.07) is -0.922. The van der Waals surface area contributed by atoms with Gasteiger partial charge in [0.2, 0.25) is 0 Å². The van der Waals surface area contributed by atoms with E-state index in [-0.39, 0.29) is 18.0 Å². The van der Waals surface area contributed by atoms with Gasteiger partial charge in [-0.3, -0.25) is 4.79 Å². The molecule has 0 radical (unpaired) electrons. The minimum absolute atomic E-state index is 0.226. The van der Waals surface area contributed by atoms with Gasteiger partial charge >= 0.3 is 18.2 Å². The number of carbonyl (C=O) groups is 2. The number of carbonyl (C=O) groups excluding carboxylic acids is 1. The van der Waals surface area contributed by atoms with Gasteiger partial charge in [0.05, 0.1) is 0 Å². The molecule has 0 bridgehead atoms. The first-order valence-electron chi connectivity index (χ1n) is 5.03. The molecular weight excluding hydrogens is 241 g/mol. The van der Waals surface area contributed by atoms with Crippen molar-refractivity contribution in [2.45, 2.75) is 20.0 Å². The van der Waals surface area contributed by atoms with Gasteiger partial charge in [0, 0.05) is 13.1 Å². The van der Waals surface area contributed by atoms with Gasteiger partial charge in [0.25, 0.3) is 0 Å². The van der Waals surface area contributed by atoms with Crippen molar-refractivity contribution in [2.75, 3.05) is 26.2 Å². The van der Waals surface area contributed by atoms with Crippen LogP contribution in [0.2, 0.25) is 0 Å². The fraction of sp³-hybridized carbons (Fsp3) is 0.778. The molecule has 0 aliphatic heterocycles. The minimum Gasteiger partial charge on any atom is -0.480 e. The standard InChI is InChI=1S/C9H15F3N2O3/c1-3-13(4-2)8(17)14(5-7(15)16)6-9(10,11)12/h3-6H2,1-2H3,(H,15,16). The summed E-state index contributed by atoms with van der Waals surface area (Å²) in [5.74, 6) is -1.48. The molecule has 0 aromatic heterocycles. The van der Waals surface area contributed by atoms with Gasteiger partial charge in [-0.1, -0.05) is 0 Å². The molecule has 0 rings (SSSR count). The Bertz CT molecular complexity index is 277. The fourth-order valence-electron chi connectivity index (χ4n) is 1.26. The smallest absolute Gasteiger partial charge is 0.406 e. The van der Waals surface area contributed by atoms with Crippen molar-refractivity contribution in [2.24, 2.45) is 0 Å². The number of hydrogen-bond donors (Lipinski definition) is 1. The molecule has 5 nitrogen and oxygen atoms in total. The number of carboxylic acids is 1. The molecule has 100 valence electrons. The third-order valence-electron chi connectivity index (χ3n) is 2.00. The molecule has 1 N–H and O–H groups in total. The van der Waals surface area contributed by atoms with Crippen molar-refractivity contribution in [3.05, 3.63) is 0 Å². The van der Waals surface area contributed by atoms with E-state index < -0.39 is 31.3 Å². The fourth-order valence-corrected chi connectivity index (χ4v) is 1.26. The lowest BCUT2D eigenvalue weighted by Gasteiger charge is -2.28. The number of nitrogens with zero attached hydrogens (tertiary/aromatic N) is 2. The third kappa shape index (κ3) is 5.98. The highest BCUT2D eigenvalue weighted by molar-refractivity contribution is 5.80. The maximum Gasteiger partial charge on any atom is 0.406 e. The molecule has 2 amide bonds. The molecule has 0 aliphatic rings. The molecule has 0 aliphatic carbocycles. The van der Waals surface area contributed by atoms with Crippen LogP contribution in [0, 0.1) is 0 Å². The molecule has 0 saturated heterocycles. The van der Waals surface area contributed by atoms with Crippen LogP contribution in [0.5, 0.6) is 0 Å². The Morgan fingerprint density at radius 3 is 1.88 bits per heavy atom. The molecule has 0 atom stereocenters. The number of amides is 2. The van der Waals surface area contributed by atoms with Crippen molar-refractivity contribution in [1.29, 1.82) is 0 Å². The zero-order valence-electron chi connectivity index (χ0n) is 9.62. The van der Waals surface area contributed by atoms with Crippen LogP contribution in [0.25, 0.3) is 0 Å². The summed E-state index contributed by atoms with van der Waals surface area (Å²) in [5, 5.41) is 8.48. The Kier molecular flexibility index (Phi) is 5.77. The minimum atomic E-state index is -4.61. The summed E-state index contributed by atoms with van der Waals surface area (Å²) in [5.41, 5.74) is 0. The molecule has 0 aromatic rings. The number of alkyl halides is 3. The zero-order chi connectivity index (χ0) is 13.6. The van der Waals surface area contributed by atoms with Crippen molar-refractivity contribution in [3.63, 3.8) is 0 Å². The molecule has 0 spiro atoms. The Balaban J connectivity index is 4.78. The van der Waals surface area contributed by atoms with E-state index in [0.29, 0.717) is 0 Å². The highest BCUT2D eigenvalue weighted by Crippen LogP contribution is 2.17. The predicted molar refractivity (Wildman–Crippen MR) is 53.6 cm³/mol. The van der Waals surface area contributed by atoms with Crippen molar-refractivity contribution >= 4 is 12.0 Å². The van der Waals surface area contributed by atoms with Crippen LogP contribution in [-0.4, -0.2) is 59.3 Å². The van der Waals surface area contributed by atoms with Crippen molar-refractivity contribution in [1.82, 2.24) is 9.80 Å². The van der Waals surface area contributed by atoms with E-state index in [1.807, 2.05) is 0 Å². The van der Waals surface area contributed by atoms with E-state index in [1.165, 1.54) is 0 Å². The summed E-state index contributed by atoms with van der Waals surface area (Å²) in [6.07, 6.45) is -4.61. The van der Waals surface area contributed by atoms with E-state index in [1.54, 1.807) is 13.8 Å². The first-order chi connectivity index (χ1) is 7.71. The van der Waals surface area contributed by atoms with Crippen LogP contribution in [0.4, 0.5) is 18.0 Å². The Labute approximate surface area is 96.8 Å². The Morgan fingerprint density at radius 2 is 1.59 bits per heavy atom. The number of carboxylic acid groups (broad SMARTS) is 1. The maximum absolute atomic E-state index is 12.2. The van der Waals surface area contributed by atoms with Gasteiger partial charge in [0.1, 0.15) is 13.1 Å². The lowest BCUT2D eigenvalue weighted by Crippen LogP contribution is -2.48. The highest BCUT2D eigenvalue weighted by Gasteiger charge is 2.35. The molecule has 0 saturated carbocycles. The average molecular weight is 256 g/mol. The van der Waals surface area contributed by atoms with E-state index in [0.717, 1.165) is 4.90 Å². The summed E-state index contributed by atoms with van der Waals surface area (Å²) >= 11 is 0. The normalized spacial score (nSPS) is 11.1. The molecule has 8 heteroatoms. The van der Waals surface area contributed by atoms with E-state index >= 15 is 0 Å². The first-order valence-corrected chi connectivity index (χ1v) is 5.03. The van der Waals surface area contributed by atoms with Gasteiger partial charge in [-0.05, 0) is 13.8 Å². The summed E-state index contributed by atoms with van der Waals surface area (Å²) in [7, 11) is 0. The van der Waals surface area contributed by atoms with Gasteiger partial charge in [0.15, 0.2) is 0 Å². The highest BCUT2D eigenvalue weighted by atomic mass is 19.4. The molecule has 0 heterocycles. The van der Waals surface area contributed by atoms with Gasteiger partial charge in [-0.15, -0.1) is 0 Å². The average Bonchev–Trinajstić information content (AvgIpc) is 2.15. The molecule has 17 heavy (non-hydrogen) atoms. The van der Waals surface area contributed by atoms with Crippen LogP contribution >= 0.6 is 0 Å². The first kappa shape index (κ1) is 15.5. The SMILES string of the molecule is CCN(CC)C(=O)N(CC(=O)O)CC(F)(F)F. The lowest BCUT2D eigenvalue weighted by molar-refractivity contribution is -0.149. The van der Waals surface area contributed by atoms with Gasteiger partial charge < -0.3 is 14.9 Å². The molecular formula is C9H15F3N2O3. The molecule has 0 unspecified atom stereocenters. The van der Waals surface area contributed by atoms with Crippen LogP contribution in [0.15, 0.2) is 0 Å². The maximum atomic E-state index is 12.2. The zero-order valence-corrected chi connectivity index (χ0v) is 9.62.